The minimum atomic E-state index is -0.178. The maximum Gasteiger partial charge on any atom is 0.269 e. The van der Waals surface area contributed by atoms with Gasteiger partial charge in [0.25, 0.3) is 5.91 Å². The summed E-state index contributed by atoms with van der Waals surface area (Å²) in [4.78, 5) is 29.1. The zero-order valence-corrected chi connectivity index (χ0v) is 17.8. The van der Waals surface area contributed by atoms with Gasteiger partial charge in [0.15, 0.2) is 0 Å². The SMILES string of the molecule is CNC(=O)c1ccc(-c2cc(C)nc([C@H]3CCCN3Cc3cnc(C)s3)c2)cn1. The molecule has 1 N–H and O–H groups in total. The van der Waals surface area contributed by atoms with Gasteiger partial charge in [0.1, 0.15) is 5.69 Å². The summed E-state index contributed by atoms with van der Waals surface area (Å²) in [5.41, 5.74) is 4.60. The van der Waals surface area contributed by atoms with Crippen molar-refractivity contribution in [1.29, 1.82) is 0 Å². The Bertz CT molecular complexity index is 1010. The summed E-state index contributed by atoms with van der Waals surface area (Å²) in [6, 6.07) is 8.27. The molecule has 1 amide bonds. The van der Waals surface area contributed by atoms with Crippen molar-refractivity contribution in [3.05, 3.63) is 63.6 Å². The van der Waals surface area contributed by atoms with Crippen molar-refractivity contribution >= 4 is 17.2 Å². The standard InChI is InChI=1S/C22H25N5OS/c1-14-9-17(16-6-7-19(25-11-16)22(28)23-3)10-20(26-14)21-5-4-8-27(21)13-18-12-24-15(2)29-18/h6-7,9-12,21H,4-5,8,13H2,1-3H3,(H,23,28)/t21-/m1/s1. The zero-order chi connectivity index (χ0) is 20.4. The molecule has 0 aromatic carbocycles. The molecule has 0 radical (unpaired) electrons. The molecule has 150 valence electrons. The molecule has 4 rings (SSSR count). The number of aromatic nitrogens is 3. The molecule has 1 fully saturated rings. The number of likely N-dealkylation sites (tertiary alicyclic amines) is 1. The number of carbonyl (C=O) groups excluding carboxylic acids is 1. The number of carbonyl (C=O) groups is 1. The molecular weight excluding hydrogens is 382 g/mol. The lowest BCUT2D eigenvalue weighted by molar-refractivity contribution is 0.0958. The van der Waals surface area contributed by atoms with Crippen LogP contribution in [0, 0.1) is 13.8 Å². The number of pyridine rings is 2. The molecule has 3 aromatic heterocycles. The lowest BCUT2D eigenvalue weighted by Crippen LogP contribution is -2.23. The average molecular weight is 408 g/mol. The van der Waals surface area contributed by atoms with E-state index in [0.717, 1.165) is 47.0 Å². The zero-order valence-electron chi connectivity index (χ0n) is 17.0. The van der Waals surface area contributed by atoms with Gasteiger partial charge in [-0.2, -0.15) is 0 Å². The van der Waals surface area contributed by atoms with Crippen LogP contribution in [0.25, 0.3) is 11.1 Å². The van der Waals surface area contributed by atoms with Crippen molar-refractivity contribution in [2.24, 2.45) is 0 Å². The van der Waals surface area contributed by atoms with Crippen LogP contribution in [0.15, 0.2) is 36.7 Å². The Morgan fingerprint density at radius 3 is 2.76 bits per heavy atom. The van der Waals surface area contributed by atoms with E-state index in [2.05, 4.69) is 32.3 Å². The van der Waals surface area contributed by atoms with Crippen LogP contribution in [-0.4, -0.2) is 39.4 Å². The van der Waals surface area contributed by atoms with Gasteiger partial charge in [0.2, 0.25) is 0 Å². The number of hydrogen-bond acceptors (Lipinski definition) is 6. The minimum absolute atomic E-state index is 0.178. The fourth-order valence-electron chi connectivity index (χ4n) is 3.89. The first-order chi connectivity index (χ1) is 14.0. The third-order valence-corrected chi connectivity index (χ3v) is 6.16. The number of amides is 1. The number of nitrogens with zero attached hydrogens (tertiary/aromatic N) is 4. The second-order valence-electron chi connectivity index (χ2n) is 7.41. The largest absolute Gasteiger partial charge is 0.354 e. The van der Waals surface area contributed by atoms with Gasteiger partial charge in [-0.15, -0.1) is 11.3 Å². The van der Waals surface area contributed by atoms with Crippen molar-refractivity contribution in [3.8, 4) is 11.1 Å². The van der Waals surface area contributed by atoms with E-state index in [9.17, 15) is 4.79 Å². The number of hydrogen-bond donors (Lipinski definition) is 1. The van der Waals surface area contributed by atoms with Crippen LogP contribution in [-0.2, 0) is 6.54 Å². The average Bonchev–Trinajstić information content (AvgIpc) is 3.36. The smallest absolute Gasteiger partial charge is 0.269 e. The Balaban J connectivity index is 1.60. The summed E-state index contributed by atoms with van der Waals surface area (Å²) in [6.07, 6.45) is 6.04. The van der Waals surface area contributed by atoms with Gasteiger partial charge in [0, 0.05) is 42.1 Å². The Hall–Kier alpha value is -2.64. The van der Waals surface area contributed by atoms with E-state index in [1.165, 1.54) is 11.3 Å². The minimum Gasteiger partial charge on any atom is -0.354 e. The monoisotopic (exact) mass is 407 g/mol. The molecule has 0 unspecified atom stereocenters. The summed E-state index contributed by atoms with van der Waals surface area (Å²) < 4.78 is 0. The predicted molar refractivity (Wildman–Crippen MR) is 115 cm³/mol. The summed E-state index contributed by atoms with van der Waals surface area (Å²) in [6.45, 7) is 6.08. The number of rotatable bonds is 5. The lowest BCUT2D eigenvalue weighted by atomic mass is 10.0. The van der Waals surface area contributed by atoms with Crippen LogP contribution in [0.2, 0.25) is 0 Å². The van der Waals surface area contributed by atoms with Crippen LogP contribution in [0.4, 0.5) is 0 Å². The topological polar surface area (TPSA) is 71.0 Å². The van der Waals surface area contributed by atoms with E-state index in [0.29, 0.717) is 11.7 Å². The Labute approximate surface area is 175 Å². The number of aryl methyl sites for hydroxylation is 2. The third-order valence-electron chi connectivity index (χ3n) is 5.26. The highest BCUT2D eigenvalue weighted by molar-refractivity contribution is 7.11. The highest BCUT2D eigenvalue weighted by Crippen LogP contribution is 2.35. The first-order valence-electron chi connectivity index (χ1n) is 9.86. The molecule has 1 aliphatic rings. The maximum atomic E-state index is 11.7. The molecule has 6 nitrogen and oxygen atoms in total. The number of thiazole rings is 1. The van der Waals surface area contributed by atoms with Crippen molar-refractivity contribution in [2.75, 3.05) is 13.6 Å². The fraction of sp³-hybridized carbons (Fsp3) is 0.364. The molecule has 1 atom stereocenters. The predicted octanol–water partition coefficient (Wildman–Crippen LogP) is 3.91. The van der Waals surface area contributed by atoms with E-state index >= 15 is 0 Å². The molecule has 0 aliphatic carbocycles. The highest BCUT2D eigenvalue weighted by Gasteiger charge is 2.28. The molecule has 3 aromatic rings. The van der Waals surface area contributed by atoms with Gasteiger partial charge >= 0.3 is 0 Å². The normalized spacial score (nSPS) is 16.9. The number of nitrogens with one attached hydrogen (secondary N) is 1. The van der Waals surface area contributed by atoms with Crippen molar-refractivity contribution in [3.63, 3.8) is 0 Å². The summed E-state index contributed by atoms with van der Waals surface area (Å²) in [5, 5.41) is 3.71. The fourth-order valence-corrected chi connectivity index (χ4v) is 4.71. The molecule has 29 heavy (non-hydrogen) atoms. The maximum absolute atomic E-state index is 11.7. The van der Waals surface area contributed by atoms with Crippen molar-refractivity contribution in [2.45, 2.75) is 39.3 Å². The van der Waals surface area contributed by atoms with Crippen LogP contribution in [0.5, 0.6) is 0 Å². The highest BCUT2D eigenvalue weighted by atomic mass is 32.1. The van der Waals surface area contributed by atoms with E-state index in [4.69, 9.17) is 4.98 Å². The third kappa shape index (κ3) is 4.36. The molecule has 0 bridgehead atoms. The van der Waals surface area contributed by atoms with Gasteiger partial charge in [-0.1, -0.05) is 6.07 Å². The summed E-state index contributed by atoms with van der Waals surface area (Å²) >= 11 is 1.77. The van der Waals surface area contributed by atoms with Crippen molar-refractivity contribution in [1.82, 2.24) is 25.2 Å². The molecule has 0 spiro atoms. The molecule has 7 heteroatoms. The molecule has 1 saturated heterocycles. The Kier molecular flexibility index (Phi) is 5.69. The quantitative estimate of drug-likeness (QED) is 0.694. The van der Waals surface area contributed by atoms with Crippen molar-refractivity contribution < 1.29 is 4.79 Å². The Morgan fingerprint density at radius 1 is 1.21 bits per heavy atom. The van der Waals surface area contributed by atoms with Crippen LogP contribution in [0.1, 0.15) is 50.6 Å². The Morgan fingerprint density at radius 2 is 2.07 bits per heavy atom. The van der Waals surface area contributed by atoms with E-state index < -0.39 is 0 Å². The van der Waals surface area contributed by atoms with Gasteiger partial charge in [-0.05, 0) is 57.0 Å². The van der Waals surface area contributed by atoms with Gasteiger partial charge in [-0.25, -0.2) is 4.98 Å². The lowest BCUT2D eigenvalue weighted by Gasteiger charge is -2.24. The van der Waals surface area contributed by atoms with Gasteiger partial charge in [0.05, 0.1) is 16.7 Å². The van der Waals surface area contributed by atoms with E-state index in [1.54, 1.807) is 30.6 Å². The molecule has 1 aliphatic heterocycles. The molecule has 4 heterocycles. The first-order valence-corrected chi connectivity index (χ1v) is 10.7. The second-order valence-corrected chi connectivity index (χ2v) is 8.73. The summed E-state index contributed by atoms with van der Waals surface area (Å²) in [5.74, 6) is -0.178. The van der Waals surface area contributed by atoms with Gasteiger partial charge in [-0.3, -0.25) is 19.7 Å². The second kappa shape index (κ2) is 8.39. The van der Waals surface area contributed by atoms with E-state index in [1.807, 2.05) is 26.1 Å². The van der Waals surface area contributed by atoms with Gasteiger partial charge < -0.3 is 5.32 Å². The van der Waals surface area contributed by atoms with E-state index in [-0.39, 0.29) is 5.91 Å². The molecular formula is C22H25N5OS. The first kappa shape index (κ1) is 19.7. The molecule has 0 saturated carbocycles. The summed E-state index contributed by atoms with van der Waals surface area (Å²) in [7, 11) is 1.61. The van der Waals surface area contributed by atoms with Crippen LogP contribution < -0.4 is 5.32 Å². The van der Waals surface area contributed by atoms with Crippen LogP contribution >= 0.6 is 11.3 Å². The van der Waals surface area contributed by atoms with Crippen LogP contribution in [0.3, 0.4) is 0 Å².